The first-order valence-electron chi connectivity index (χ1n) is 10.1. The van der Waals surface area contributed by atoms with Gasteiger partial charge in [0.1, 0.15) is 11.6 Å². The molecule has 0 atom stereocenters. The van der Waals surface area contributed by atoms with Gasteiger partial charge in [0.2, 0.25) is 11.9 Å². The number of hydrogen-bond donors (Lipinski definition) is 0. The van der Waals surface area contributed by atoms with E-state index in [2.05, 4.69) is 9.88 Å². The van der Waals surface area contributed by atoms with Gasteiger partial charge in [0.15, 0.2) is 0 Å². The zero-order valence-electron chi connectivity index (χ0n) is 17.0. The lowest BCUT2D eigenvalue weighted by Crippen LogP contribution is -2.49. The van der Waals surface area contributed by atoms with E-state index in [9.17, 15) is 9.18 Å². The second kappa shape index (κ2) is 8.98. The number of nitrogens with zero attached hydrogens (tertiary/aromatic N) is 4. The first-order chi connectivity index (χ1) is 14.7. The molecule has 0 aliphatic carbocycles. The van der Waals surface area contributed by atoms with Crippen LogP contribution in [0, 0.1) is 5.82 Å². The van der Waals surface area contributed by atoms with Gasteiger partial charge in [0.05, 0.1) is 12.8 Å². The highest BCUT2D eigenvalue weighted by Crippen LogP contribution is 2.22. The third-order valence-corrected chi connectivity index (χ3v) is 5.44. The van der Waals surface area contributed by atoms with E-state index in [1.807, 2.05) is 35.2 Å². The highest BCUT2D eigenvalue weighted by atomic mass is 19.1. The Hall–Kier alpha value is -3.35. The number of para-hydroxylation sites is 1. The van der Waals surface area contributed by atoms with Gasteiger partial charge in [-0.3, -0.25) is 9.36 Å². The minimum Gasteiger partial charge on any atom is -0.497 e. The van der Waals surface area contributed by atoms with Crippen LogP contribution in [-0.2, 0) is 11.2 Å². The van der Waals surface area contributed by atoms with Gasteiger partial charge in [0.25, 0.3) is 0 Å². The molecule has 2 aromatic carbocycles. The summed E-state index contributed by atoms with van der Waals surface area (Å²) in [6.45, 7) is 2.59. The van der Waals surface area contributed by atoms with Crippen LogP contribution in [0.15, 0.2) is 60.9 Å². The van der Waals surface area contributed by atoms with E-state index in [1.165, 1.54) is 6.07 Å². The lowest BCUT2D eigenvalue weighted by atomic mass is 10.1. The van der Waals surface area contributed by atoms with Crippen molar-refractivity contribution in [1.82, 2.24) is 14.5 Å². The lowest BCUT2D eigenvalue weighted by molar-refractivity contribution is -0.131. The third kappa shape index (κ3) is 4.30. The second-order valence-electron chi connectivity index (χ2n) is 7.26. The fourth-order valence-electron chi connectivity index (χ4n) is 3.72. The van der Waals surface area contributed by atoms with Gasteiger partial charge in [-0.15, -0.1) is 0 Å². The molecule has 3 aromatic rings. The summed E-state index contributed by atoms with van der Waals surface area (Å²) in [5.41, 5.74) is 1.60. The summed E-state index contributed by atoms with van der Waals surface area (Å²) in [5, 5.41) is 0. The van der Waals surface area contributed by atoms with Crippen LogP contribution in [-0.4, -0.2) is 53.6 Å². The van der Waals surface area contributed by atoms with E-state index in [-0.39, 0.29) is 11.7 Å². The van der Waals surface area contributed by atoms with E-state index in [0.29, 0.717) is 50.7 Å². The van der Waals surface area contributed by atoms with Crippen molar-refractivity contribution in [3.05, 3.63) is 72.3 Å². The fraction of sp³-hybridized carbons (Fsp3) is 0.304. The average Bonchev–Trinajstić information content (AvgIpc) is 3.28. The number of anilines is 1. The maximum atomic E-state index is 14.2. The summed E-state index contributed by atoms with van der Waals surface area (Å²) in [5.74, 6) is 1.38. The Labute approximate surface area is 175 Å². The van der Waals surface area contributed by atoms with Crippen LogP contribution in [0.3, 0.4) is 0 Å². The molecular weight excluding hydrogens is 383 g/mol. The van der Waals surface area contributed by atoms with E-state index in [4.69, 9.17) is 4.74 Å². The Bertz CT molecular complexity index is 994. The topological polar surface area (TPSA) is 50.6 Å². The summed E-state index contributed by atoms with van der Waals surface area (Å²) < 4.78 is 21.1. The molecule has 0 N–H and O–H groups in total. The normalized spacial score (nSPS) is 14.1. The minimum atomic E-state index is -0.288. The van der Waals surface area contributed by atoms with Gasteiger partial charge >= 0.3 is 0 Å². The Balaban J connectivity index is 1.33. The number of carbonyl (C=O) groups is 1. The van der Waals surface area contributed by atoms with Crippen molar-refractivity contribution in [1.29, 1.82) is 0 Å². The number of benzene rings is 2. The predicted molar refractivity (Wildman–Crippen MR) is 114 cm³/mol. The molecule has 1 aliphatic heterocycles. The zero-order valence-corrected chi connectivity index (χ0v) is 17.0. The SMILES string of the molecule is COc1ccc(CCC(=O)N2CCN(c3nccn3-c3ccccc3F)CC2)cc1. The molecule has 4 rings (SSSR count). The standard InChI is InChI=1S/C23H25FN4O2/c1-30-19-9-6-18(7-10-19)8-11-22(29)26-14-16-27(17-15-26)23-25-12-13-28(23)21-5-3-2-4-20(21)24/h2-7,9-10,12-13H,8,11,14-17H2,1H3. The number of hydrogen-bond acceptors (Lipinski definition) is 4. The van der Waals surface area contributed by atoms with Crippen LogP contribution >= 0.6 is 0 Å². The van der Waals surface area contributed by atoms with Crippen molar-refractivity contribution < 1.29 is 13.9 Å². The number of piperazine rings is 1. The van der Waals surface area contributed by atoms with Crippen molar-refractivity contribution in [2.75, 3.05) is 38.2 Å². The smallest absolute Gasteiger partial charge is 0.223 e. The molecule has 30 heavy (non-hydrogen) atoms. The van der Waals surface area contributed by atoms with Crippen LogP contribution in [0.2, 0.25) is 0 Å². The lowest BCUT2D eigenvalue weighted by Gasteiger charge is -2.35. The van der Waals surface area contributed by atoms with Gasteiger partial charge in [-0.05, 0) is 36.2 Å². The van der Waals surface area contributed by atoms with Crippen molar-refractivity contribution in [3.63, 3.8) is 0 Å². The number of rotatable bonds is 6. The number of amides is 1. The predicted octanol–water partition coefficient (Wildman–Crippen LogP) is 3.30. The van der Waals surface area contributed by atoms with Crippen LogP contribution < -0.4 is 9.64 Å². The van der Waals surface area contributed by atoms with Gasteiger partial charge < -0.3 is 14.5 Å². The number of imidazole rings is 1. The van der Waals surface area contributed by atoms with Crippen LogP contribution in [0.25, 0.3) is 5.69 Å². The van der Waals surface area contributed by atoms with E-state index in [1.54, 1.807) is 36.2 Å². The molecule has 0 bridgehead atoms. The van der Waals surface area contributed by atoms with Crippen molar-refractivity contribution in [2.45, 2.75) is 12.8 Å². The molecule has 0 spiro atoms. The number of aryl methyl sites for hydroxylation is 1. The van der Waals surface area contributed by atoms with Gasteiger partial charge in [-0.2, -0.15) is 0 Å². The summed E-state index contributed by atoms with van der Waals surface area (Å²) >= 11 is 0. The highest BCUT2D eigenvalue weighted by molar-refractivity contribution is 5.76. The minimum absolute atomic E-state index is 0.155. The van der Waals surface area contributed by atoms with Crippen molar-refractivity contribution >= 4 is 11.9 Å². The first-order valence-corrected chi connectivity index (χ1v) is 10.1. The molecule has 1 aromatic heterocycles. The van der Waals surface area contributed by atoms with E-state index < -0.39 is 0 Å². The number of aromatic nitrogens is 2. The van der Waals surface area contributed by atoms with Crippen LogP contribution in [0.1, 0.15) is 12.0 Å². The number of halogens is 1. The molecule has 7 heteroatoms. The Kier molecular flexibility index (Phi) is 5.97. The summed E-state index contributed by atoms with van der Waals surface area (Å²) in [6.07, 6.45) is 4.63. The monoisotopic (exact) mass is 408 g/mol. The molecule has 2 heterocycles. The third-order valence-electron chi connectivity index (χ3n) is 5.44. The van der Waals surface area contributed by atoms with Crippen molar-refractivity contribution in [3.8, 4) is 11.4 Å². The summed E-state index contributed by atoms with van der Waals surface area (Å²) in [6, 6.07) is 14.5. The number of methoxy groups -OCH3 is 1. The number of carbonyl (C=O) groups excluding carboxylic acids is 1. The maximum Gasteiger partial charge on any atom is 0.223 e. The molecule has 1 fully saturated rings. The van der Waals surface area contributed by atoms with Gasteiger partial charge in [0, 0.05) is 45.0 Å². The van der Waals surface area contributed by atoms with Crippen LogP contribution in [0.4, 0.5) is 10.3 Å². The maximum absolute atomic E-state index is 14.2. The van der Waals surface area contributed by atoms with Gasteiger partial charge in [-0.25, -0.2) is 9.37 Å². The molecule has 6 nitrogen and oxygen atoms in total. The molecule has 0 radical (unpaired) electrons. The summed E-state index contributed by atoms with van der Waals surface area (Å²) in [4.78, 5) is 21.1. The average molecular weight is 408 g/mol. The summed E-state index contributed by atoms with van der Waals surface area (Å²) in [7, 11) is 1.64. The second-order valence-corrected chi connectivity index (χ2v) is 7.26. The molecule has 1 saturated heterocycles. The zero-order chi connectivity index (χ0) is 20.9. The van der Waals surface area contributed by atoms with E-state index in [0.717, 1.165) is 11.3 Å². The molecule has 156 valence electrons. The molecule has 1 aliphatic rings. The Morgan fingerprint density at radius 1 is 1.07 bits per heavy atom. The van der Waals surface area contributed by atoms with Crippen LogP contribution in [0.5, 0.6) is 5.75 Å². The molecule has 1 amide bonds. The van der Waals surface area contributed by atoms with Crippen molar-refractivity contribution in [2.24, 2.45) is 0 Å². The fourth-order valence-corrected chi connectivity index (χ4v) is 3.72. The Morgan fingerprint density at radius 2 is 1.80 bits per heavy atom. The van der Waals surface area contributed by atoms with Gasteiger partial charge in [-0.1, -0.05) is 24.3 Å². The van der Waals surface area contributed by atoms with E-state index >= 15 is 0 Å². The molecule has 0 saturated carbocycles. The quantitative estimate of drug-likeness (QED) is 0.628. The molecule has 0 unspecified atom stereocenters. The molecular formula is C23H25FN4O2. The largest absolute Gasteiger partial charge is 0.497 e. The Morgan fingerprint density at radius 3 is 2.50 bits per heavy atom. The highest BCUT2D eigenvalue weighted by Gasteiger charge is 2.24. The number of ether oxygens (including phenoxy) is 1. The first kappa shape index (κ1) is 19.9.